The predicted octanol–water partition coefficient (Wildman–Crippen LogP) is 2.11. The van der Waals surface area contributed by atoms with Crippen LogP contribution in [-0.4, -0.2) is 20.3 Å². The zero-order chi connectivity index (χ0) is 13.4. The first kappa shape index (κ1) is 12.2. The normalized spacial score (nSPS) is 24.9. The predicted molar refractivity (Wildman–Crippen MR) is 78.2 cm³/mol. The molecule has 2 aromatic rings. The molecule has 2 aliphatic rings. The maximum Gasteiger partial charge on any atom is 0.488 e. The first-order valence-corrected chi connectivity index (χ1v) is 7.03. The Labute approximate surface area is 119 Å². The van der Waals surface area contributed by atoms with E-state index >= 15 is 0 Å². The molecule has 1 unspecified atom stereocenters. The van der Waals surface area contributed by atoms with Crippen LogP contribution in [0.2, 0.25) is 0 Å². The van der Waals surface area contributed by atoms with E-state index in [9.17, 15) is 0 Å². The van der Waals surface area contributed by atoms with Crippen LogP contribution in [0.3, 0.4) is 0 Å². The lowest BCUT2D eigenvalue weighted by atomic mass is 9.58. The van der Waals surface area contributed by atoms with E-state index in [0.717, 1.165) is 6.54 Å². The van der Waals surface area contributed by atoms with E-state index in [1.807, 2.05) is 6.07 Å². The van der Waals surface area contributed by atoms with Gasteiger partial charge in [0.25, 0.3) is 0 Å². The average Bonchev–Trinajstić information content (AvgIpc) is 3.16. The van der Waals surface area contributed by atoms with Gasteiger partial charge < -0.3 is 14.6 Å². The number of fused-ring (bicyclic) bond motifs is 1. The van der Waals surface area contributed by atoms with Gasteiger partial charge in [-0.15, -0.1) is 0 Å². The Morgan fingerprint density at radius 3 is 2.40 bits per heavy atom. The number of nitrogens with one attached hydrogen (secondary N) is 1. The summed E-state index contributed by atoms with van der Waals surface area (Å²) in [6.07, 6.45) is 0. The van der Waals surface area contributed by atoms with Crippen molar-refractivity contribution in [2.75, 3.05) is 13.2 Å². The Morgan fingerprint density at radius 2 is 1.60 bits per heavy atom. The molecule has 0 aromatic heterocycles. The Morgan fingerprint density at radius 1 is 0.900 bits per heavy atom. The van der Waals surface area contributed by atoms with Crippen LogP contribution in [-0.2, 0) is 21.3 Å². The van der Waals surface area contributed by atoms with Crippen molar-refractivity contribution >= 4 is 7.12 Å². The van der Waals surface area contributed by atoms with E-state index in [1.165, 1.54) is 16.7 Å². The zero-order valence-corrected chi connectivity index (χ0v) is 11.2. The van der Waals surface area contributed by atoms with Crippen LogP contribution >= 0.6 is 0 Å². The van der Waals surface area contributed by atoms with Crippen molar-refractivity contribution in [3.05, 3.63) is 71.3 Å². The summed E-state index contributed by atoms with van der Waals surface area (Å²) in [7, 11) is -0.270. The fourth-order valence-corrected chi connectivity index (χ4v) is 3.30. The Bertz CT molecular complexity index is 613. The summed E-state index contributed by atoms with van der Waals surface area (Å²) in [4.78, 5) is 0. The first-order valence-electron chi connectivity index (χ1n) is 7.03. The summed E-state index contributed by atoms with van der Waals surface area (Å²) in [6.45, 7) is 2.15. The van der Waals surface area contributed by atoms with Gasteiger partial charge in [-0.05, 0) is 16.7 Å². The molecule has 2 heterocycles. The third-order valence-corrected chi connectivity index (χ3v) is 4.20. The molecular formula is C16H16BNO2. The molecule has 1 N–H and O–H groups in total. The van der Waals surface area contributed by atoms with E-state index in [1.54, 1.807) is 0 Å². The van der Waals surface area contributed by atoms with Crippen molar-refractivity contribution in [2.24, 2.45) is 0 Å². The second-order valence-electron chi connectivity index (χ2n) is 5.26. The number of benzene rings is 2. The first-order chi connectivity index (χ1) is 9.91. The van der Waals surface area contributed by atoms with Crippen LogP contribution in [0.4, 0.5) is 0 Å². The monoisotopic (exact) mass is 265 g/mol. The maximum absolute atomic E-state index is 5.87. The van der Waals surface area contributed by atoms with Crippen LogP contribution in [0.5, 0.6) is 0 Å². The number of rotatable bonds is 2. The summed E-state index contributed by atoms with van der Waals surface area (Å²) in [5, 5.41) is 3.64. The van der Waals surface area contributed by atoms with Crippen LogP contribution in [0.15, 0.2) is 54.6 Å². The molecule has 0 amide bonds. The standard InChI is InChI=1S/C16H16BNO2/c1-2-7-14(8-3-1)16(17-19-10-11-20-17)15-9-5-4-6-13(15)12-18-16/h1-9,18H,10-12H2. The average molecular weight is 265 g/mol. The fourth-order valence-electron chi connectivity index (χ4n) is 3.30. The summed E-state index contributed by atoms with van der Waals surface area (Å²) < 4.78 is 11.7. The molecule has 0 radical (unpaired) electrons. The third kappa shape index (κ3) is 1.66. The third-order valence-electron chi connectivity index (χ3n) is 4.20. The van der Waals surface area contributed by atoms with E-state index in [0.29, 0.717) is 13.2 Å². The molecule has 4 heteroatoms. The molecule has 2 aromatic carbocycles. The molecule has 100 valence electrons. The number of hydrogen-bond acceptors (Lipinski definition) is 3. The highest BCUT2D eigenvalue weighted by atomic mass is 16.6. The molecule has 3 nitrogen and oxygen atoms in total. The van der Waals surface area contributed by atoms with E-state index in [-0.39, 0.29) is 7.12 Å². The molecule has 4 rings (SSSR count). The Balaban J connectivity index is 1.91. The van der Waals surface area contributed by atoms with Crippen molar-refractivity contribution in [1.82, 2.24) is 5.32 Å². The minimum absolute atomic E-state index is 0.270. The van der Waals surface area contributed by atoms with Gasteiger partial charge in [0.1, 0.15) is 5.44 Å². The lowest BCUT2D eigenvalue weighted by Crippen LogP contribution is -2.52. The van der Waals surface area contributed by atoms with Crippen LogP contribution in [0.1, 0.15) is 16.7 Å². The maximum atomic E-state index is 5.87. The Kier molecular flexibility index (Phi) is 2.88. The molecule has 2 aliphatic heterocycles. The van der Waals surface area contributed by atoms with E-state index in [2.05, 4.69) is 53.8 Å². The molecular weight excluding hydrogens is 249 g/mol. The number of hydrogen-bond donors (Lipinski definition) is 1. The van der Waals surface area contributed by atoms with Crippen LogP contribution in [0, 0.1) is 0 Å². The quantitative estimate of drug-likeness (QED) is 0.843. The molecule has 0 saturated carbocycles. The molecule has 1 atom stereocenters. The minimum atomic E-state index is -0.394. The highest BCUT2D eigenvalue weighted by Crippen LogP contribution is 2.40. The van der Waals surface area contributed by atoms with Gasteiger partial charge in [0.05, 0.1) is 13.2 Å². The van der Waals surface area contributed by atoms with Gasteiger partial charge in [-0.1, -0.05) is 54.6 Å². The topological polar surface area (TPSA) is 30.5 Å². The molecule has 0 spiro atoms. The summed E-state index contributed by atoms with van der Waals surface area (Å²) in [6, 6.07) is 18.9. The van der Waals surface area contributed by atoms with Gasteiger partial charge in [0.2, 0.25) is 0 Å². The second-order valence-corrected chi connectivity index (χ2v) is 5.26. The van der Waals surface area contributed by atoms with Gasteiger partial charge in [-0.25, -0.2) is 0 Å². The van der Waals surface area contributed by atoms with Gasteiger partial charge in [-0.2, -0.15) is 0 Å². The SMILES string of the molecule is c1ccc(C2(B3OCCO3)NCc3ccccc32)cc1. The van der Waals surface area contributed by atoms with Crippen molar-refractivity contribution in [3.8, 4) is 0 Å². The fraction of sp³-hybridized carbons (Fsp3) is 0.250. The lowest BCUT2D eigenvalue weighted by Gasteiger charge is -2.32. The molecule has 1 fully saturated rings. The highest BCUT2D eigenvalue weighted by Gasteiger charge is 2.54. The minimum Gasteiger partial charge on any atom is -0.407 e. The molecule has 1 saturated heterocycles. The van der Waals surface area contributed by atoms with Crippen molar-refractivity contribution in [2.45, 2.75) is 12.0 Å². The molecule has 0 aliphatic carbocycles. The van der Waals surface area contributed by atoms with Crippen molar-refractivity contribution in [1.29, 1.82) is 0 Å². The summed E-state index contributed by atoms with van der Waals surface area (Å²) >= 11 is 0. The summed E-state index contributed by atoms with van der Waals surface area (Å²) in [5.74, 6) is 0. The van der Waals surface area contributed by atoms with E-state index in [4.69, 9.17) is 9.31 Å². The van der Waals surface area contributed by atoms with Crippen molar-refractivity contribution < 1.29 is 9.31 Å². The lowest BCUT2D eigenvalue weighted by molar-refractivity contribution is 0.321. The van der Waals surface area contributed by atoms with Crippen LogP contribution in [0.25, 0.3) is 0 Å². The Hall–Kier alpha value is -1.62. The highest BCUT2D eigenvalue weighted by molar-refractivity contribution is 6.50. The smallest absolute Gasteiger partial charge is 0.407 e. The van der Waals surface area contributed by atoms with Gasteiger partial charge >= 0.3 is 7.12 Å². The van der Waals surface area contributed by atoms with Gasteiger partial charge in [0.15, 0.2) is 0 Å². The van der Waals surface area contributed by atoms with Gasteiger partial charge in [0, 0.05) is 6.54 Å². The van der Waals surface area contributed by atoms with Crippen LogP contribution < -0.4 is 5.32 Å². The zero-order valence-electron chi connectivity index (χ0n) is 11.2. The summed E-state index contributed by atoms with van der Waals surface area (Å²) in [5.41, 5.74) is 3.37. The molecule has 20 heavy (non-hydrogen) atoms. The molecule has 0 bridgehead atoms. The van der Waals surface area contributed by atoms with E-state index < -0.39 is 5.44 Å². The second kappa shape index (κ2) is 4.74. The van der Waals surface area contributed by atoms with Gasteiger partial charge in [-0.3, -0.25) is 0 Å². The van der Waals surface area contributed by atoms with Crippen molar-refractivity contribution in [3.63, 3.8) is 0 Å². The largest absolute Gasteiger partial charge is 0.488 e.